The Hall–Kier alpha value is -1.04. The molecule has 6 heteroatoms. The van der Waals surface area contributed by atoms with E-state index in [0.29, 0.717) is 11.8 Å². The number of amides is 1. The van der Waals surface area contributed by atoms with Gasteiger partial charge in [0.15, 0.2) is 5.16 Å². The molecule has 1 heterocycles. The van der Waals surface area contributed by atoms with E-state index in [9.17, 15) is 4.79 Å². The predicted octanol–water partition coefficient (Wildman–Crippen LogP) is 3.96. The summed E-state index contributed by atoms with van der Waals surface area (Å²) in [7, 11) is 0. The van der Waals surface area contributed by atoms with Crippen LogP contribution in [0, 0.1) is 5.92 Å². The van der Waals surface area contributed by atoms with Crippen LogP contribution in [-0.2, 0) is 17.8 Å². The van der Waals surface area contributed by atoms with Gasteiger partial charge in [0.1, 0.15) is 5.82 Å². The summed E-state index contributed by atoms with van der Waals surface area (Å²) >= 11 is 1.53. The van der Waals surface area contributed by atoms with Crippen LogP contribution in [0.2, 0.25) is 0 Å². The van der Waals surface area contributed by atoms with Crippen molar-refractivity contribution in [1.82, 2.24) is 20.1 Å². The molecule has 5 nitrogen and oxygen atoms in total. The topological polar surface area (TPSA) is 59.8 Å². The SMILES string of the molecule is CCn1c(CC2CCCCC2)nnc1SCC(=O)NC1CCCCC1. The average molecular weight is 365 g/mol. The lowest BCUT2D eigenvalue weighted by atomic mass is 9.87. The summed E-state index contributed by atoms with van der Waals surface area (Å²) in [4.78, 5) is 12.2. The predicted molar refractivity (Wildman–Crippen MR) is 102 cm³/mol. The number of aromatic nitrogens is 3. The van der Waals surface area contributed by atoms with E-state index in [1.807, 2.05) is 0 Å². The first-order chi connectivity index (χ1) is 12.3. The molecule has 0 atom stereocenters. The van der Waals surface area contributed by atoms with Crippen LogP contribution in [0.3, 0.4) is 0 Å². The van der Waals surface area contributed by atoms with Gasteiger partial charge in [0.25, 0.3) is 0 Å². The second-order valence-electron chi connectivity index (χ2n) is 7.54. The van der Waals surface area contributed by atoms with Crippen molar-refractivity contribution in [2.75, 3.05) is 5.75 Å². The van der Waals surface area contributed by atoms with Crippen molar-refractivity contribution in [3.8, 4) is 0 Å². The van der Waals surface area contributed by atoms with Crippen LogP contribution >= 0.6 is 11.8 Å². The van der Waals surface area contributed by atoms with E-state index in [0.717, 1.165) is 42.7 Å². The highest BCUT2D eigenvalue weighted by atomic mass is 32.2. The Morgan fingerprint density at radius 3 is 2.44 bits per heavy atom. The maximum absolute atomic E-state index is 12.2. The first-order valence-corrected chi connectivity index (χ1v) is 11.1. The molecule has 0 bridgehead atoms. The molecular formula is C19H32N4OS. The van der Waals surface area contributed by atoms with Gasteiger partial charge in [-0.2, -0.15) is 0 Å². The first-order valence-electron chi connectivity index (χ1n) is 10.1. The fourth-order valence-electron chi connectivity index (χ4n) is 4.19. The summed E-state index contributed by atoms with van der Waals surface area (Å²) in [5, 5.41) is 12.9. The molecule has 2 aliphatic carbocycles. The lowest BCUT2D eigenvalue weighted by Gasteiger charge is -2.22. The minimum atomic E-state index is 0.136. The molecule has 25 heavy (non-hydrogen) atoms. The van der Waals surface area contributed by atoms with E-state index in [-0.39, 0.29) is 5.91 Å². The van der Waals surface area contributed by atoms with Gasteiger partial charge >= 0.3 is 0 Å². The van der Waals surface area contributed by atoms with Crippen LogP contribution in [0.1, 0.15) is 77.0 Å². The summed E-state index contributed by atoms with van der Waals surface area (Å²) < 4.78 is 2.20. The third kappa shape index (κ3) is 5.47. The Labute approximate surface area is 155 Å². The Morgan fingerprint density at radius 1 is 1.08 bits per heavy atom. The Morgan fingerprint density at radius 2 is 1.76 bits per heavy atom. The molecule has 1 N–H and O–H groups in total. The molecule has 3 rings (SSSR count). The lowest BCUT2D eigenvalue weighted by molar-refractivity contribution is -0.119. The van der Waals surface area contributed by atoms with Crippen LogP contribution < -0.4 is 5.32 Å². The molecule has 0 saturated heterocycles. The van der Waals surface area contributed by atoms with Gasteiger partial charge in [-0.3, -0.25) is 4.79 Å². The van der Waals surface area contributed by atoms with Crippen molar-refractivity contribution in [3.05, 3.63) is 5.82 Å². The average Bonchev–Trinajstić information content (AvgIpc) is 3.03. The van der Waals surface area contributed by atoms with E-state index in [1.54, 1.807) is 0 Å². The molecule has 0 radical (unpaired) electrons. The van der Waals surface area contributed by atoms with Gasteiger partial charge in [-0.15, -0.1) is 10.2 Å². The number of carbonyl (C=O) groups is 1. The summed E-state index contributed by atoms with van der Waals surface area (Å²) in [5.74, 6) is 2.44. The molecule has 2 fully saturated rings. The van der Waals surface area contributed by atoms with Gasteiger partial charge in [-0.25, -0.2) is 0 Å². The molecule has 0 aromatic carbocycles. The van der Waals surface area contributed by atoms with E-state index in [1.165, 1.54) is 63.1 Å². The summed E-state index contributed by atoms with van der Waals surface area (Å²) in [6, 6.07) is 0.382. The van der Waals surface area contributed by atoms with Gasteiger partial charge in [-0.05, 0) is 25.7 Å². The van der Waals surface area contributed by atoms with Gasteiger partial charge < -0.3 is 9.88 Å². The maximum Gasteiger partial charge on any atom is 0.230 e. The highest BCUT2D eigenvalue weighted by molar-refractivity contribution is 7.99. The van der Waals surface area contributed by atoms with Crippen LogP contribution in [0.15, 0.2) is 5.16 Å². The minimum Gasteiger partial charge on any atom is -0.353 e. The van der Waals surface area contributed by atoms with Crippen molar-refractivity contribution in [2.24, 2.45) is 5.92 Å². The maximum atomic E-state index is 12.2. The number of thioether (sulfide) groups is 1. The summed E-state index contributed by atoms with van der Waals surface area (Å²) in [6.07, 6.45) is 13.8. The third-order valence-electron chi connectivity index (χ3n) is 5.61. The largest absolute Gasteiger partial charge is 0.353 e. The third-order valence-corrected chi connectivity index (χ3v) is 6.58. The molecule has 0 unspecified atom stereocenters. The van der Waals surface area contributed by atoms with Crippen molar-refractivity contribution >= 4 is 17.7 Å². The fraction of sp³-hybridized carbons (Fsp3) is 0.842. The van der Waals surface area contributed by atoms with Crippen molar-refractivity contribution < 1.29 is 4.79 Å². The van der Waals surface area contributed by atoms with Crippen LogP contribution in [-0.4, -0.2) is 32.5 Å². The van der Waals surface area contributed by atoms with Crippen molar-refractivity contribution in [3.63, 3.8) is 0 Å². The zero-order valence-electron chi connectivity index (χ0n) is 15.5. The van der Waals surface area contributed by atoms with E-state index >= 15 is 0 Å². The Kier molecular flexibility index (Phi) is 7.20. The second kappa shape index (κ2) is 9.60. The molecule has 1 aromatic rings. The van der Waals surface area contributed by atoms with Gasteiger partial charge in [0.05, 0.1) is 5.75 Å². The number of nitrogens with one attached hydrogen (secondary N) is 1. The number of hydrogen-bond acceptors (Lipinski definition) is 4. The standard InChI is InChI=1S/C19H32N4OS/c1-2-23-17(13-15-9-5-3-6-10-15)21-22-19(23)25-14-18(24)20-16-11-7-4-8-12-16/h15-16H,2-14H2,1H3,(H,20,24). The molecule has 2 aliphatic rings. The van der Waals surface area contributed by atoms with Crippen molar-refractivity contribution in [1.29, 1.82) is 0 Å². The van der Waals surface area contributed by atoms with Gasteiger partial charge in [-0.1, -0.05) is 63.1 Å². The van der Waals surface area contributed by atoms with E-state index in [4.69, 9.17) is 0 Å². The number of rotatable bonds is 7. The molecule has 1 aromatic heterocycles. The fourth-order valence-corrected chi connectivity index (χ4v) is 5.02. The monoisotopic (exact) mass is 364 g/mol. The minimum absolute atomic E-state index is 0.136. The van der Waals surface area contributed by atoms with Crippen LogP contribution in [0.25, 0.3) is 0 Å². The van der Waals surface area contributed by atoms with Crippen LogP contribution in [0.4, 0.5) is 0 Å². The van der Waals surface area contributed by atoms with Gasteiger partial charge in [0.2, 0.25) is 5.91 Å². The lowest BCUT2D eigenvalue weighted by Crippen LogP contribution is -2.37. The normalized spacial score (nSPS) is 19.9. The summed E-state index contributed by atoms with van der Waals surface area (Å²) in [5.41, 5.74) is 0. The zero-order valence-corrected chi connectivity index (χ0v) is 16.3. The number of nitrogens with zero attached hydrogens (tertiary/aromatic N) is 3. The van der Waals surface area contributed by atoms with E-state index in [2.05, 4.69) is 27.0 Å². The first kappa shape index (κ1) is 18.7. The Bertz CT molecular complexity index is 548. The quantitative estimate of drug-likeness (QED) is 0.744. The van der Waals surface area contributed by atoms with Crippen LogP contribution in [0.5, 0.6) is 0 Å². The highest BCUT2D eigenvalue weighted by Crippen LogP contribution is 2.27. The number of hydrogen-bond donors (Lipinski definition) is 1. The van der Waals surface area contributed by atoms with Gasteiger partial charge in [0, 0.05) is 19.0 Å². The molecule has 1 amide bonds. The molecule has 0 aliphatic heterocycles. The summed E-state index contributed by atoms with van der Waals surface area (Å²) in [6.45, 7) is 3.02. The molecular weight excluding hydrogens is 332 g/mol. The number of carbonyl (C=O) groups excluding carboxylic acids is 1. The molecule has 140 valence electrons. The molecule has 2 saturated carbocycles. The second-order valence-corrected chi connectivity index (χ2v) is 8.48. The zero-order chi connectivity index (χ0) is 17.5. The van der Waals surface area contributed by atoms with Crippen molar-refractivity contribution in [2.45, 2.75) is 95.3 Å². The smallest absolute Gasteiger partial charge is 0.230 e. The highest BCUT2D eigenvalue weighted by Gasteiger charge is 2.20. The Balaban J connectivity index is 1.50. The van der Waals surface area contributed by atoms with E-state index < -0.39 is 0 Å². The molecule has 0 spiro atoms.